The molecule has 13 heavy (non-hydrogen) atoms. The quantitative estimate of drug-likeness (QED) is 0.694. The van der Waals surface area contributed by atoms with Crippen LogP contribution in [0.2, 0.25) is 0 Å². The van der Waals surface area contributed by atoms with Crippen LogP contribution >= 0.6 is 0 Å². The van der Waals surface area contributed by atoms with Crippen LogP contribution in [0.15, 0.2) is 0 Å². The predicted octanol–water partition coefficient (Wildman–Crippen LogP) is 2.04. The molecule has 78 valence electrons. The van der Waals surface area contributed by atoms with E-state index in [0.717, 1.165) is 6.42 Å². The molecule has 0 aliphatic rings. The highest BCUT2D eigenvalue weighted by Crippen LogP contribution is 2.37. The zero-order valence-electron chi connectivity index (χ0n) is 8.92. The molecule has 2 unspecified atom stereocenters. The minimum Gasteiger partial charge on any atom is -0.481 e. The monoisotopic (exact) mass is 188 g/mol. The van der Waals surface area contributed by atoms with E-state index in [1.165, 1.54) is 0 Å². The summed E-state index contributed by atoms with van der Waals surface area (Å²) in [4.78, 5) is 11.0. The lowest BCUT2D eigenvalue weighted by atomic mass is 9.70. The van der Waals surface area contributed by atoms with Gasteiger partial charge in [-0.1, -0.05) is 20.3 Å². The zero-order chi connectivity index (χ0) is 10.7. The van der Waals surface area contributed by atoms with Crippen molar-refractivity contribution in [3.63, 3.8) is 0 Å². The van der Waals surface area contributed by atoms with Crippen molar-refractivity contribution in [2.75, 3.05) is 0 Å². The lowest BCUT2D eigenvalue weighted by Crippen LogP contribution is -2.48. The second kappa shape index (κ2) is 4.09. The average molecular weight is 188 g/mol. The van der Waals surface area contributed by atoms with Crippen molar-refractivity contribution in [3.8, 4) is 0 Å². The van der Waals surface area contributed by atoms with Crippen molar-refractivity contribution in [1.29, 1.82) is 0 Å². The van der Waals surface area contributed by atoms with Crippen molar-refractivity contribution in [1.82, 2.24) is 0 Å². The normalized spacial score (nSPS) is 20.4. The van der Waals surface area contributed by atoms with Gasteiger partial charge in [0.05, 0.1) is 11.0 Å². The second-order valence-corrected chi connectivity index (χ2v) is 4.01. The molecule has 0 amide bonds. The van der Waals surface area contributed by atoms with Gasteiger partial charge in [0.25, 0.3) is 0 Å². The van der Waals surface area contributed by atoms with Crippen LogP contribution in [-0.2, 0) is 4.79 Å². The number of carboxylic acid groups (broad SMARTS) is 1. The summed E-state index contributed by atoms with van der Waals surface area (Å²) < 4.78 is 0. The summed E-state index contributed by atoms with van der Waals surface area (Å²) in [5.41, 5.74) is -2.16. The molecule has 0 aliphatic heterocycles. The highest BCUT2D eigenvalue weighted by atomic mass is 16.4. The minimum atomic E-state index is -1.12. The Bertz CT molecular complexity index is 187. The summed E-state index contributed by atoms with van der Waals surface area (Å²) in [7, 11) is 0. The van der Waals surface area contributed by atoms with Gasteiger partial charge in [-0.15, -0.1) is 0 Å². The molecular weight excluding hydrogens is 168 g/mol. The first-order valence-corrected chi connectivity index (χ1v) is 4.77. The van der Waals surface area contributed by atoms with E-state index in [4.69, 9.17) is 5.11 Å². The van der Waals surface area contributed by atoms with Crippen molar-refractivity contribution in [2.45, 2.75) is 52.6 Å². The maximum absolute atomic E-state index is 11.0. The van der Waals surface area contributed by atoms with Gasteiger partial charge in [-0.3, -0.25) is 4.79 Å². The first-order chi connectivity index (χ1) is 5.81. The van der Waals surface area contributed by atoms with Crippen molar-refractivity contribution < 1.29 is 15.0 Å². The van der Waals surface area contributed by atoms with Crippen molar-refractivity contribution in [2.24, 2.45) is 5.41 Å². The van der Waals surface area contributed by atoms with Gasteiger partial charge in [0, 0.05) is 0 Å². The third-order valence-electron chi connectivity index (χ3n) is 3.10. The van der Waals surface area contributed by atoms with Crippen LogP contribution in [0.4, 0.5) is 0 Å². The standard InChI is InChI=1S/C10H20O3/c1-5-7-10(4,13)9(3,6-2)8(11)12/h13H,5-7H2,1-4H3,(H,11,12). The Morgan fingerprint density at radius 2 is 1.77 bits per heavy atom. The molecule has 3 heteroatoms. The maximum Gasteiger partial charge on any atom is 0.312 e. The minimum absolute atomic E-state index is 0.440. The number of carbonyl (C=O) groups is 1. The van der Waals surface area contributed by atoms with Crippen molar-refractivity contribution >= 4 is 5.97 Å². The molecule has 0 aromatic rings. The highest BCUT2D eigenvalue weighted by Gasteiger charge is 2.47. The molecule has 0 fully saturated rings. The molecule has 0 heterocycles. The van der Waals surface area contributed by atoms with E-state index in [1.54, 1.807) is 20.8 Å². The van der Waals surface area contributed by atoms with Crippen LogP contribution in [0.25, 0.3) is 0 Å². The third-order valence-corrected chi connectivity index (χ3v) is 3.10. The summed E-state index contributed by atoms with van der Waals surface area (Å²) in [6, 6.07) is 0. The summed E-state index contributed by atoms with van der Waals surface area (Å²) in [6.45, 7) is 6.93. The first-order valence-electron chi connectivity index (χ1n) is 4.77. The van der Waals surface area contributed by atoms with Crippen LogP contribution in [0.5, 0.6) is 0 Å². The summed E-state index contributed by atoms with van der Waals surface area (Å²) in [5.74, 6) is -0.923. The van der Waals surface area contributed by atoms with E-state index in [9.17, 15) is 9.90 Å². The SMILES string of the molecule is CCCC(C)(O)C(C)(CC)C(=O)O. The van der Waals surface area contributed by atoms with Crippen LogP contribution in [-0.4, -0.2) is 21.8 Å². The number of rotatable bonds is 5. The van der Waals surface area contributed by atoms with Gasteiger partial charge in [0.1, 0.15) is 0 Å². The fraction of sp³-hybridized carbons (Fsp3) is 0.900. The molecule has 0 aromatic carbocycles. The zero-order valence-corrected chi connectivity index (χ0v) is 8.92. The van der Waals surface area contributed by atoms with Gasteiger partial charge in [-0.05, 0) is 26.7 Å². The lowest BCUT2D eigenvalue weighted by Gasteiger charge is -2.38. The Balaban J connectivity index is 4.83. The van der Waals surface area contributed by atoms with E-state index in [0.29, 0.717) is 12.8 Å². The smallest absolute Gasteiger partial charge is 0.312 e. The van der Waals surface area contributed by atoms with E-state index in [1.807, 2.05) is 6.92 Å². The molecule has 0 rings (SSSR count). The van der Waals surface area contributed by atoms with Gasteiger partial charge >= 0.3 is 5.97 Å². The second-order valence-electron chi connectivity index (χ2n) is 4.01. The Morgan fingerprint density at radius 3 is 2.00 bits per heavy atom. The maximum atomic E-state index is 11.0. The molecule has 0 saturated carbocycles. The number of aliphatic hydroxyl groups is 1. The fourth-order valence-corrected chi connectivity index (χ4v) is 1.53. The molecule has 0 spiro atoms. The van der Waals surface area contributed by atoms with Crippen LogP contribution in [0, 0.1) is 5.41 Å². The molecule has 0 radical (unpaired) electrons. The molecule has 0 saturated heterocycles. The third kappa shape index (κ3) is 2.21. The van der Waals surface area contributed by atoms with Gasteiger partial charge in [-0.2, -0.15) is 0 Å². The van der Waals surface area contributed by atoms with Gasteiger partial charge in [0.2, 0.25) is 0 Å². The summed E-state index contributed by atoms with van der Waals surface area (Å²) in [6.07, 6.45) is 1.74. The van der Waals surface area contributed by atoms with E-state index in [2.05, 4.69) is 0 Å². The highest BCUT2D eigenvalue weighted by molar-refractivity contribution is 5.75. The Labute approximate surface area is 79.8 Å². The van der Waals surface area contributed by atoms with Gasteiger partial charge in [0.15, 0.2) is 0 Å². The fourth-order valence-electron chi connectivity index (χ4n) is 1.53. The summed E-state index contributed by atoms with van der Waals surface area (Å²) >= 11 is 0. The molecule has 3 nitrogen and oxygen atoms in total. The Morgan fingerprint density at radius 1 is 1.31 bits per heavy atom. The average Bonchev–Trinajstić information content (AvgIpc) is 2.02. The van der Waals surface area contributed by atoms with Gasteiger partial charge < -0.3 is 10.2 Å². The van der Waals surface area contributed by atoms with Gasteiger partial charge in [-0.25, -0.2) is 0 Å². The molecule has 0 aliphatic carbocycles. The molecule has 0 aromatic heterocycles. The van der Waals surface area contributed by atoms with E-state index >= 15 is 0 Å². The first kappa shape index (κ1) is 12.4. The van der Waals surface area contributed by atoms with Crippen LogP contribution in [0.1, 0.15) is 47.0 Å². The molecule has 0 bridgehead atoms. The molecular formula is C10H20O3. The predicted molar refractivity (Wildman–Crippen MR) is 51.6 cm³/mol. The number of carboxylic acids is 1. The molecule has 2 atom stereocenters. The largest absolute Gasteiger partial charge is 0.481 e. The van der Waals surface area contributed by atoms with Crippen molar-refractivity contribution in [3.05, 3.63) is 0 Å². The van der Waals surface area contributed by atoms with E-state index < -0.39 is 17.0 Å². The van der Waals surface area contributed by atoms with Crippen LogP contribution in [0.3, 0.4) is 0 Å². The topological polar surface area (TPSA) is 57.5 Å². The van der Waals surface area contributed by atoms with Crippen LogP contribution < -0.4 is 0 Å². The summed E-state index contributed by atoms with van der Waals surface area (Å²) in [5, 5.41) is 19.1. The Kier molecular flexibility index (Phi) is 3.91. The lowest BCUT2D eigenvalue weighted by molar-refractivity contribution is -0.166. The van der Waals surface area contributed by atoms with E-state index in [-0.39, 0.29) is 0 Å². The Hall–Kier alpha value is -0.570. The number of hydrogen-bond acceptors (Lipinski definition) is 2. The number of hydrogen-bond donors (Lipinski definition) is 2. The number of aliphatic carboxylic acids is 1. The molecule has 2 N–H and O–H groups in total.